The Morgan fingerprint density at radius 1 is 0.726 bits per heavy atom. The van der Waals surface area contributed by atoms with Crippen LogP contribution in [0, 0.1) is 0 Å². The molecule has 0 fully saturated rings. The lowest BCUT2D eigenvalue weighted by atomic mass is 10.1. The smallest absolute Gasteiger partial charge is 0.408 e. The van der Waals surface area contributed by atoms with Crippen molar-refractivity contribution in [2.75, 3.05) is 33.2 Å². The molecule has 2 atom stereocenters. The second-order valence-electron chi connectivity index (χ2n) is 19.5. The first kappa shape index (κ1) is 58.1. The van der Waals surface area contributed by atoms with E-state index in [0.717, 1.165) is 0 Å². The lowest BCUT2D eigenvalue weighted by Gasteiger charge is -2.26. The molecule has 0 saturated heterocycles. The van der Waals surface area contributed by atoms with Crippen molar-refractivity contribution in [2.45, 2.75) is 127 Å². The third-order valence-corrected chi connectivity index (χ3v) is 11.0. The molecule has 4 aromatic rings. The first-order valence-electron chi connectivity index (χ1n) is 23.6. The molecule has 21 nitrogen and oxygen atoms in total. The highest BCUT2D eigenvalue weighted by Crippen LogP contribution is 2.34. The maximum Gasteiger partial charge on any atom is 0.408 e. The largest absolute Gasteiger partial charge is 0.481 e. The van der Waals surface area contributed by atoms with Gasteiger partial charge in [0.15, 0.2) is 0 Å². The molecule has 0 unspecified atom stereocenters. The molecule has 0 bridgehead atoms. The van der Waals surface area contributed by atoms with Gasteiger partial charge in [0.1, 0.15) is 28.9 Å². The number of fused-ring (bicyclic) bond motifs is 1. The van der Waals surface area contributed by atoms with Gasteiger partial charge in [-0.25, -0.2) is 14.4 Å². The number of hydrogen-bond acceptors (Lipinski definition) is 14. The molecule has 6 N–H and O–H groups in total. The summed E-state index contributed by atoms with van der Waals surface area (Å²) in [5.74, 6) is -3.53. The normalized spacial score (nSPS) is 12.5. The number of hydrogen-bond donors (Lipinski definition) is 6. The summed E-state index contributed by atoms with van der Waals surface area (Å²) in [6.45, 7) is 14.1. The summed E-state index contributed by atoms with van der Waals surface area (Å²) in [6.07, 6.45) is 2.11. The van der Waals surface area contributed by atoms with Gasteiger partial charge in [-0.2, -0.15) is 9.78 Å². The van der Waals surface area contributed by atoms with Gasteiger partial charge >= 0.3 is 30.2 Å². The van der Waals surface area contributed by atoms with Crippen LogP contribution in [0.1, 0.15) is 110 Å². The number of rotatable bonds is 21. The Balaban J connectivity index is 1.72. The Kier molecular flexibility index (Phi) is 20.9. The summed E-state index contributed by atoms with van der Waals surface area (Å²) in [7, 11) is 1.54. The third kappa shape index (κ3) is 19.9. The van der Waals surface area contributed by atoms with E-state index in [2.05, 4.69) is 31.6 Å². The molecule has 394 valence electrons. The number of carboxylic acid groups (broad SMARTS) is 1. The number of amides is 6. The van der Waals surface area contributed by atoms with Crippen LogP contribution in [0.15, 0.2) is 76.7 Å². The SMILES string of the molecule is CNC(=O)c1ccccc1Sc1ccc2c(/C=C/c3ccccn3)nn(C(=O)N(CCNC(=O)[C@H](CCC(=O)O)NC(=O)OC(C)(C)C)CCNC(=O)[C@H](CCC(=O)OC(C)(C)C)NC(=O)OC(C)(C)C)c2c1. The van der Waals surface area contributed by atoms with Crippen molar-refractivity contribution in [3.05, 3.63) is 83.8 Å². The molecular weight excluding hydrogens is 963 g/mol. The molecule has 22 heteroatoms. The molecular formula is C51H67N9O12S. The molecule has 2 aromatic heterocycles. The molecule has 0 spiro atoms. The van der Waals surface area contributed by atoms with Crippen LogP contribution in [0.5, 0.6) is 0 Å². The maximum absolute atomic E-state index is 15.0. The maximum atomic E-state index is 15.0. The second kappa shape index (κ2) is 26.3. The summed E-state index contributed by atoms with van der Waals surface area (Å²) in [5, 5.41) is 27.7. The zero-order valence-electron chi connectivity index (χ0n) is 43.0. The van der Waals surface area contributed by atoms with Gasteiger partial charge in [0, 0.05) is 67.4 Å². The van der Waals surface area contributed by atoms with Gasteiger partial charge < -0.3 is 50.8 Å². The number of aromatic nitrogens is 3. The zero-order valence-corrected chi connectivity index (χ0v) is 43.8. The van der Waals surface area contributed by atoms with E-state index in [-0.39, 0.29) is 51.3 Å². The van der Waals surface area contributed by atoms with Crippen molar-refractivity contribution in [3.8, 4) is 0 Å². The van der Waals surface area contributed by atoms with E-state index in [1.54, 1.807) is 129 Å². The Labute approximate surface area is 428 Å². The topological polar surface area (TPSA) is 279 Å². The fourth-order valence-electron chi connectivity index (χ4n) is 6.77. The Hall–Kier alpha value is -7.49. The molecule has 2 aromatic carbocycles. The number of pyridine rings is 1. The standard InChI is InChI=1S/C51H67N9O12S/c1-49(2,3)70-42(63)25-23-38(57-47(68)72-51(7,8)9)45(66)55-28-30-59(29-27-54-44(65)37(22-24-41(61)62)56-46(67)71-50(4,5)6)48(69)60-39-31-33(73-40-17-12-11-16-35(40)43(64)52-10)19-20-34(39)36(58-60)21-18-32-15-13-14-26-53-32/h11-21,26,31,37-38H,22-25,27-30H2,1-10H3,(H,52,64)(H,54,65)(H,55,66)(H,56,67)(H,57,68)(H,61,62)/b21-18+/t37-,38-/m0/s1. The number of esters is 1. The summed E-state index contributed by atoms with van der Waals surface area (Å²) < 4.78 is 17.3. The monoisotopic (exact) mass is 1030 g/mol. The highest BCUT2D eigenvalue weighted by molar-refractivity contribution is 7.99. The molecule has 0 aliphatic carbocycles. The summed E-state index contributed by atoms with van der Waals surface area (Å²) in [5.41, 5.74) is -0.804. The second-order valence-corrected chi connectivity index (χ2v) is 20.7. The molecule has 0 saturated carbocycles. The molecule has 73 heavy (non-hydrogen) atoms. The molecule has 0 radical (unpaired) electrons. The van der Waals surface area contributed by atoms with Crippen LogP contribution in [0.3, 0.4) is 0 Å². The number of carbonyl (C=O) groups excluding carboxylic acids is 7. The molecule has 6 amide bonds. The third-order valence-electron chi connectivity index (χ3n) is 9.90. The highest BCUT2D eigenvalue weighted by Gasteiger charge is 2.29. The van der Waals surface area contributed by atoms with Crippen LogP contribution in [-0.4, -0.2) is 135 Å². The Morgan fingerprint density at radius 3 is 1.82 bits per heavy atom. The van der Waals surface area contributed by atoms with Gasteiger partial charge in [0.05, 0.1) is 22.5 Å². The first-order chi connectivity index (χ1) is 34.2. The lowest BCUT2D eigenvalue weighted by molar-refractivity contribution is -0.155. The van der Waals surface area contributed by atoms with Crippen LogP contribution in [-0.2, 0) is 33.4 Å². The van der Waals surface area contributed by atoms with Crippen LogP contribution in [0.2, 0.25) is 0 Å². The number of carbonyl (C=O) groups is 8. The van der Waals surface area contributed by atoms with E-state index in [9.17, 15) is 43.5 Å². The number of alkyl carbamates (subject to hydrolysis) is 2. The lowest BCUT2D eigenvalue weighted by Crippen LogP contribution is -2.51. The predicted octanol–water partition coefficient (Wildman–Crippen LogP) is 6.39. The Morgan fingerprint density at radius 2 is 1.29 bits per heavy atom. The number of nitrogens with one attached hydrogen (secondary N) is 5. The Bertz CT molecular complexity index is 2640. The first-order valence-corrected chi connectivity index (χ1v) is 24.4. The van der Waals surface area contributed by atoms with E-state index in [1.165, 1.54) is 28.4 Å². The van der Waals surface area contributed by atoms with E-state index in [4.69, 9.17) is 19.3 Å². The minimum Gasteiger partial charge on any atom is -0.481 e. The number of aliphatic carboxylic acids is 1. The molecule has 0 aliphatic rings. The van der Waals surface area contributed by atoms with Crippen molar-refractivity contribution >= 4 is 82.7 Å². The minimum absolute atomic E-state index is 0.156. The predicted molar refractivity (Wildman–Crippen MR) is 274 cm³/mol. The van der Waals surface area contributed by atoms with Crippen molar-refractivity contribution in [2.24, 2.45) is 0 Å². The quantitative estimate of drug-likeness (QED) is 0.0390. The van der Waals surface area contributed by atoms with Gasteiger partial charge in [-0.3, -0.25) is 29.0 Å². The van der Waals surface area contributed by atoms with Gasteiger partial charge in [-0.05, 0) is 130 Å². The van der Waals surface area contributed by atoms with Crippen LogP contribution < -0.4 is 26.6 Å². The minimum atomic E-state index is -1.32. The fourth-order valence-corrected chi connectivity index (χ4v) is 7.74. The molecule has 4 rings (SSSR count). The van der Waals surface area contributed by atoms with Crippen molar-refractivity contribution in [3.63, 3.8) is 0 Å². The zero-order chi connectivity index (χ0) is 54.1. The van der Waals surface area contributed by atoms with Gasteiger partial charge in [0.2, 0.25) is 11.8 Å². The van der Waals surface area contributed by atoms with Crippen LogP contribution >= 0.6 is 11.8 Å². The number of ether oxygens (including phenoxy) is 3. The molecule has 2 heterocycles. The van der Waals surface area contributed by atoms with E-state index in [1.807, 2.05) is 12.1 Å². The van der Waals surface area contributed by atoms with Gasteiger partial charge in [-0.1, -0.05) is 30.0 Å². The summed E-state index contributed by atoms with van der Waals surface area (Å²) in [4.78, 5) is 112. The van der Waals surface area contributed by atoms with Gasteiger partial charge in [0.25, 0.3) is 5.91 Å². The van der Waals surface area contributed by atoms with Gasteiger partial charge in [-0.15, -0.1) is 0 Å². The van der Waals surface area contributed by atoms with Crippen molar-refractivity contribution in [1.29, 1.82) is 0 Å². The fraction of sp³-hybridized carbons (Fsp3) is 0.451. The van der Waals surface area contributed by atoms with Crippen LogP contribution in [0.25, 0.3) is 23.1 Å². The van der Waals surface area contributed by atoms with Crippen molar-refractivity contribution < 1.29 is 57.7 Å². The summed E-state index contributed by atoms with van der Waals surface area (Å²) in [6, 6.07) is 14.5. The van der Waals surface area contributed by atoms with Crippen molar-refractivity contribution in [1.82, 2.24) is 46.2 Å². The van der Waals surface area contributed by atoms with Crippen LogP contribution in [0.4, 0.5) is 14.4 Å². The average Bonchev–Trinajstić information content (AvgIpc) is 3.66. The number of benzene rings is 2. The number of nitrogens with zero attached hydrogens (tertiary/aromatic N) is 4. The average molecular weight is 1030 g/mol. The molecule has 0 aliphatic heterocycles. The van der Waals surface area contributed by atoms with E-state index in [0.29, 0.717) is 37.6 Å². The summed E-state index contributed by atoms with van der Waals surface area (Å²) >= 11 is 1.29. The van der Waals surface area contributed by atoms with E-state index >= 15 is 0 Å². The van der Waals surface area contributed by atoms with E-state index < -0.39 is 77.3 Å². The number of carboxylic acids is 1. The highest BCUT2D eigenvalue weighted by atomic mass is 32.2.